The van der Waals surface area contributed by atoms with Crippen molar-refractivity contribution in [3.8, 4) is 5.75 Å². The first-order valence-corrected chi connectivity index (χ1v) is 7.05. The van der Waals surface area contributed by atoms with Crippen LogP contribution in [-0.2, 0) is 4.74 Å². The van der Waals surface area contributed by atoms with Gasteiger partial charge in [0, 0.05) is 18.7 Å². The summed E-state index contributed by atoms with van der Waals surface area (Å²) in [7, 11) is 1.67. The van der Waals surface area contributed by atoms with E-state index in [1.807, 2.05) is 13.0 Å². The molecular weight excluding hydrogens is 294 g/mol. The maximum absolute atomic E-state index is 5.40. The van der Waals surface area contributed by atoms with Crippen LogP contribution in [0.2, 0.25) is 0 Å². The van der Waals surface area contributed by atoms with Crippen molar-refractivity contribution < 1.29 is 9.47 Å². The fraction of sp³-hybridized carbons (Fsp3) is 0.571. The molecule has 1 aromatic rings. The Morgan fingerprint density at radius 2 is 2.06 bits per heavy atom. The van der Waals surface area contributed by atoms with Gasteiger partial charge in [-0.2, -0.15) is 0 Å². The van der Waals surface area contributed by atoms with Gasteiger partial charge in [-0.05, 0) is 54.4 Å². The van der Waals surface area contributed by atoms with Crippen molar-refractivity contribution in [1.82, 2.24) is 5.32 Å². The van der Waals surface area contributed by atoms with Gasteiger partial charge in [0.15, 0.2) is 0 Å². The Bertz CT molecular complexity index is 371. The van der Waals surface area contributed by atoms with E-state index >= 15 is 0 Å². The number of rotatable bonds is 7. The zero-order valence-electron chi connectivity index (χ0n) is 11.5. The van der Waals surface area contributed by atoms with E-state index in [0.29, 0.717) is 6.04 Å². The fourth-order valence-corrected chi connectivity index (χ4v) is 2.38. The summed E-state index contributed by atoms with van der Waals surface area (Å²) < 4.78 is 11.6. The van der Waals surface area contributed by atoms with E-state index in [0.717, 1.165) is 23.4 Å². The fourth-order valence-electron chi connectivity index (χ4n) is 1.82. The van der Waals surface area contributed by atoms with Gasteiger partial charge in [0.05, 0.1) is 18.2 Å². The minimum atomic E-state index is 0.280. The summed E-state index contributed by atoms with van der Waals surface area (Å²) in [6.45, 7) is 7.78. The van der Waals surface area contributed by atoms with Gasteiger partial charge in [-0.3, -0.25) is 0 Å². The van der Waals surface area contributed by atoms with Gasteiger partial charge < -0.3 is 14.8 Å². The quantitative estimate of drug-likeness (QED) is 0.835. The molecule has 0 aliphatic carbocycles. The van der Waals surface area contributed by atoms with E-state index in [1.165, 1.54) is 5.56 Å². The topological polar surface area (TPSA) is 30.5 Å². The van der Waals surface area contributed by atoms with Crippen LogP contribution in [-0.4, -0.2) is 26.4 Å². The third kappa shape index (κ3) is 4.59. The Morgan fingerprint density at radius 3 is 2.61 bits per heavy atom. The lowest BCUT2D eigenvalue weighted by molar-refractivity contribution is 0.124. The van der Waals surface area contributed by atoms with Crippen LogP contribution in [0.25, 0.3) is 0 Å². The molecule has 18 heavy (non-hydrogen) atoms. The number of nitrogens with one attached hydrogen (secondary N) is 1. The maximum atomic E-state index is 5.40. The molecule has 0 amide bonds. The van der Waals surface area contributed by atoms with Crippen molar-refractivity contribution in [2.75, 3.05) is 20.3 Å². The highest BCUT2D eigenvalue weighted by atomic mass is 79.9. The Morgan fingerprint density at radius 1 is 1.33 bits per heavy atom. The minimum Gasteiger partial charge on any atom is -0.496 e. The Balaban J connectivity index is 2.61. The molecule has 102 valence electrons. The van der Waals surface area contributed by atoms with Gasteiger partial charge in [0.1, 0.15) is 5.75 Å². The predicted octanol–water partition coefficient (Wildman–Crippen LogP) is 3.53. The van der Waals surface area contributed by atoms with Crippen LogP contribution in [0, 0.1) is 0 Å². The number of methoxy groups -OCH3 is 1. The first kappa shape index (κ1) is 15.5. The SMILES string of the molecule is CCOCC(C)NC(C)c1ccc(OC)c(Br)c1. The van der Waals surface area contributed by atoms with Crippen LogP contribution in [0.4, 0.5) is 0 Å². The van der Waals surface area contributed by atoms with E-state index in [9.17, 15) is 0 Å². The molecule has 0 aliphatic rings. The van der Waals surface area contributed by atoms with Crippen LogP contribution in [0.15, 0.2) is 22.7 Å². The second-order valence-electron chi connectivity index (χ2n) is 4.34. The highest BCUT2D eigenvalue weighted by Gasteiger charge is 2.11. The van der Waals surface area contributed by atoms with Crippen molar-refractivity contribution in [2.45, 2.75) is 32.9 Å². The number of halogens is 1. The standard InChI is InChI=1S/C14H22BrNO2/c1-5-18-9-10(2)16-11(3)12-6-7-14(17-4)13(15)8-12/h6-8,10-11,16H,5,9H2,1-4H3. The van der Waals surface area contributed by atoms with Gasteiger partial charge >= 0.3 is 0 Å². The van der Waals surface area contributed by atoms with E-state index in [2.05, 4.69) is 47.2 Å². The lowest BCUT2D eigenvalue weighted by atomic mass is 10.1. The normalized spacial score (nSPS) is 14.3. The molecule has 4 heteroatoms. The summed E-state index contributed by atoms with van der Waals surface area (Å²) in [6.07, 6.45) is 0. The van der Waals surface area contributed by atoms with Gasteiger partial charge in [-0.25, -0.2) is 0 Å². The summed E-state index contributed by atoms with van der Waals surface area (Å²) >= 11 is 3.51. The van der Waals surface area contributed by atoms with Crippen LogP contribution in [0.5, 0.6) is 5.75 Å². The summed E-state index contributed by atoms with van der Waals surface area (Å²) in [5.41, 5.74) is 1.23. The molecule has 1 N–H and O–H groups in total. The van der Waals surface area contributed by atoms with Gasteiger partial charge in [-0.1, -0.05) is 6.07 Å². The molecule has 0 aliphatic heterocycles. The Kier molecular flexibility index (Phi) is 6.68. The predicted molar refractivity (Wildman–Crippen MR) is 78.2 cm³/mol. The second kappa shape index (κ2) is 7.77. The van der Waals surface area contributed by atoms with Crippen molar-refractivity contribution in [3.63, 3.8) is 0 Å². The molecule has 1 rings (SSSR count). The molecule has 0 saturated heterocycles. The lowest BCUT2D eigenvalue weighted by Gasteiger charge is -2.20. The minimum absolute atomic E-state index is 0.280. The zero-order chi connectivity index (χ0) is 13.5. The van der Waals surface area contributed by atoms with Crippen molar-refractivity contribution >= 4 is 15.9 Å². The molecule has 0 fully saturated rings. The van der Waals surface area contributed by atoms with Gasteiger partial charge in [0.2, 0.25) is 0 Å². The van der Waals surface area contributed by atoms with Crippen molar-refractivity contribution in [3.05, 3.63) is 28.2 Å². The molecule has 0 heterocycles. The van der Waals surface area contributed by atoms with Crippen LogP contribution in [0.3, 0.4) is 0 Å². The average molecular weight is 316 g/mol. The van der Waals surface area contributed by atoms with Crippen molar-refractivity contribution in [1.29, 1.82) is 0 Å². The van der Waals surface area contributed by atoms with E-state index < -0.39 is 0 Å². The first-order chi connectivity index (χ1) is 8.58. The average Bonchev–Trinajstić information content (AvgIpc) is 2.36. The lowest BCUT2D eigenvalue weighted by Crippen LogP contribution is -2.32. The largest absolute Gasteiger partial charge is 0.496 e. The summed E-state index contributed by atoms with van der Waals surface area (Å²) in [5, 5.41) is 3.51. The number of benzene rings is 1. The molecular formula is C14H22BrNO2. The van der Waals surface area contributed by atoms with Gasteiger partial charge in [0.25, 0.3) is 0 Å². The number of hydrogen-bond acceptors (Lipinski definition) is 3. The van der Waals surface area contributed by atoms with Gasteiger partial charge in [-0.15, -0.1) is 0 Å². The monoisotopic (exact) mass is 315 g/mol. The summed E-state index contributed by atoms with van der Waals surface area (Å²) in [6, 6.07) is 6.76. The molecule has 0 spiro atoms. The molecule has 2 atom stereocenters. The molecule has 1 aromatic carbocycles. The molecule has 0 saturated carbocycles. The highest BCUT2D eigenvalue weighted by Crippen LogP contribution is 2.28. The van der Waals surface area contributed by atoms with E-state index in [1.54, 1.807) is 7.11 Å². The summed E-state index contributed by atoms with van der Waals surface area (Å²) in [5.74, 6) is 0.855. The van der Waals surface area contributed by atoms with Crippen LogP contribution >= 0.6 is 15.9 Å². The summed E-state index contributed by atoms with van der Waals surface area (Å²) in [4.78, 5) is 0. The molecule has 0 radical (unpaired) electrons. The number of ether oxygens (including phenoxy) is 2. The van der Waals surface area contributed by atoms with Crippen LogP contribution in [0.1, 0.15) is 32.4 Å². The molecule has 2 unspecified atom stereocenters. The smallest absolute Gasteiger partial charge is 0.133 e. The third-order valence-corrected chi connectivity index (χ3v) is 3.40. The third-order valence-electron chi connectivity index (χ3n) is 2.78. The van der Waals surface area contributed by atoms with Crippen molar-refractivity contribution in [2.24, 2.45) is 0 Å². The first-order valence-electron chi connectivity index (χ1n) is 6.25. The molecule has 3 nitrogen and oxygen atoms in total. The van der Waals surface area contributed by atoms with E-state index in [4.69, 9.17) is 9.47 Å². The van der Waals surface area contributed by atoms with E-state index in [-0.39, 0.29) is 6.04 Å². The Labute approximate surface area is 118 Å². The molecule has 0 aromatic heterocycles. The molecule has 0 bridgehead atoms. The van der Waals surface area contributed by atoms with Crippen LogP contribution < -0.4 is 10.1 Å². The Hall–Kier alpha value is -0.580. The maximum Gasteiger partial charge on any atom is 0.133 e. The number of hydrogen-bond donors (Lipinski definition) is 1. The zero-order valence-corrected chi connectivity index (χ0v) is 13.1. The second-order valence-corrected chi connectivity index (χ2v) is 5.20. The highest BCUT2D eigenvalue weighted by molar-refractivity contribution is 9.10.